The molecule has 0 aliphatic rings. The van der Waals surface area contributed by atoms with E-state index >= 15 is 0 Å². The molecule has 0 fully saturated rings. The Kier molecular flexibility index (Phi) is 5.90. The largest absolute Gasteiger partial charge is 0.340 e. The normalized spacial score (nSPS) is 10.2. The standard InChI is InChI=1S/C11H16BrN3O2/c1-15(8-4-2-3-7-12)11(17)9-5-6-10(16)14-13-9/h5-6H,2-4,7-8H2,1H3,(H,14,16). The van der Waals surface area contributed by atoms with Crippen LogP contribution in [-0.4, -0.2) is 39.9 Å². The maximum absolute atomic E-state index is 11.9. The van der Waals surface area contributed by atoms with Crippen molar-refractivity contribution in [3.63, 3.8) is 0 Å². The van der Waals surface area contributed by atoms with Gasteiger partial charge in [0.25, 0.3) is 11.5 Å². The summed E-state index contributed by atoms with van der Waals surface area (Å²) in [6, 6.07) is 2.75. The van der Waals surface area contributed by atoms with Gasteiger partial charge in [-0.1, -0.05) is 22.4 Å². The molecule has 0 bridgehead atoms. The first kappa shape index (κ1) is 13.9. The van der Waals surface area contributed by atoms with E-state index in [4.69, 9.17) is 0 Å². The number of aromatic amines is 1. The number of hydrogen-bond acceptors (Lipinski definition) is 3. The summed E-state index contributed by atoms with van der Waals surface area (Å²) in [5.41, 5.74) is -0.0332. The molecule has 0 spiro atoms. The van der Waals surface area contributed by atoms with Crippen LogP contribution in [0.1, 0.15) is 29.8 Å². The highest BCUT2D eigenvalue weighted by Crippen LogP contribution is 2.02. The molecule has 0 saturated heterocycles. The number of rotatable bonds is 6. The van der Waals surface area contributed by atoms with Gasteiger partial charge in [-0.15, -0.1) is 0 Å². The van der Waals surface area contributed by atoms with Gasteiger partial charge in [0.1, 0.15) is 5.69 Å². The summed E-state index contributed by atoms with van der Waals surface area (Å²) >= 11 is 3.36. The summed E-state index contributed by atoms with van der Waals surface area (Å²) in [4.78, 5) is 24.3. The third-order valence-corrected chi connectivity index (χ3v) is 2.93. The first-order chi connectivity index (χ1) is 8.15. The highest BCUT2D eigenvalue weighted by Gasteiger charge is 2.12. The van der Waals surface area contributed by atoms with Gasteiger partial charge >= 0.3 is 0 Å². The fourth-order valence-electron chi connectivity index (χ4n) is 1.38. The molecule has 5 nitrogen and oxygen atoms in total. The van der Waals surface area contributed by atoms with Crippen LogP contribution in [0.5, 0.6) is 0 Å². The molecule has 0 aromatic carbocycles. The van der Waals surface area contributed by atoms with Crippen molar-refractivity contribution in [3.05, 3.63) is 28.2 Å². The Bertz CT molecular complexity index is 399. The van der Waals surface area contributed by atoms with Crippen molar-refractivity contribution in [1.29, 1.82) is 0 Å². The fourth-order valence-corrected chi connectivity index (χ4v) is 1.78. The molecule has 1 heterocycles. The number of nitrogens with one attached hydrogen (secondary N) is 1. The number of unbranched alkanes of at least 4 members (excludes halogenated alkanes) is 2. The predicted molar refractivity (Wildman–Crippen MR) is 69.5 cm³/mol. The Morgan fingerprint density at radius 1 is 1.41 bits per heavy atom. The van der Waals surface area contributed by atoms with E-state index in [1.165, 1.54) is 12.1 Å². The second-order valence-electron chi connectivity index (χ2n) is 3.78. The lowest BCUT2D eigenvalue weighted by Gasteiger charge is -2.15. The zero-order valence-corrected chi connectivity index (χ0v) is 11.4. The number of nitrogens with zero attached hydrogens (tertiary/aromatic N) is 2. The van der Waals surface area contributed by atoms with Gasteiger partial charge in [0.2, 0.25) is 0 Å². The molecule has 0 saturated carbocycles. The van der Waals surface area contributed by atoms with Crippen molar-refractivity contribution < 1.29 is 4.79 Å². The summed E-state index contributed by atoms with van der Waals surface area (Å²) in [7, 11) is 1.74. The van der Waals surface area contributed by atoms with Crippen LogP contribution >= 0.6 is 15.9 Å². The van der Waals surface area contributed by atoms with Crippen molar-refractivity contribution in [2.75, 3.05) is 18.9 Å². The smallest absolute Gasteiger partial charge is 0.274 e. The lowest BCUT2D eigenvalue weighted by Crippen LogP contribution is -2.29. The Morgan fingerprint density at radius 2 is 2.18 bits per heavy atom. The average molecular weight is 302 g/mol. The Hall–Kier alpha value is -1.17. The molecule has 94 valence electrons. The molecule has 1 amide bonds. The van der Waals surface area contributed by atoms with Gasteiger partial charge < -0.3 is 4.90 Å². The topological polar surface area (TPSA) is 66.1 Å². The number of halogens is 1. The third-order valence-electron chi connectivity index (χ3n) is 2.37. The maximum atomic E-state index is 11.9. The second-order valence-corrected chi connectivity index (χ2v) is 4.58. The van der Waals surface area contributed by atoms with Crippen molar-refractivity contribution in [1.82, 2.24) is 15.1 Å². The van der Waals surface area contributed by atoms with Crippen LogP contribution in [0.2, 0.25) is 0 Å². The van der Waals surface area contributed by atoms with Crippen molar-refractivity contribution in [2.24, 2.45) is 0 Å². The molecule has 6 heteroatoms. The van der Waals surface area contributed by atoms with Crippen molar-refractivity contribution in [2.45, 2.75) is 19.3 Å². The first-order valence-electron chi connectivity index (χ1n) is 5.52. The molecule has 1 aromatic heterocycles. The maximum Gasteiger partial charge on any atom is 0.274 e. The Labute approximate surface area is 108 Å². The molecule has 0 atom stereocenters. The summed E-state index contributed by atoms with van der Waals surface area (Å²) in [6.07, 6.45) is 3.16. The van der Waals surface area contributed by atoms with Crippen LogP contribution < -0.4 is 5.56 Å². The molecular weight excluding hydrogens is 286 g/mol. The number of amides is 1. The molecule has 1 rings (SSSR count). The minimum atomic E-state index is -0.304. The third kappa shape index (κ3) is 4.68. The number of carbonyl (C=O) groups excluding carboxylic acids is 1. The van der Waals surface area contributed by atoms with E-state index in [9.17, 15) is 9.59 Å². The highest BCUT2D eigenvalue weighted by atomic mass is 79.9. The zero-order chi connectivity index (χ0) is 12.7. The van der Waals surface area contributed by atoms with Gasteiger partial charge in [-0.2, -0.15) is 5.10 Å². The van der Waals surface area contributed by atoms with Gasteiger partial charge in [-0.25, -0.2) is 5.10 Å². The van der Waals surface area contributed by atoms with Crippen LogP contribution in [0.3, 0.4) is 0 Å². The van der Waals surface area contributed by atoms with Crippen molar-refractivity contribution >= 4 is 21.8 Å². The summed E-state index contributed by atoms with van der Waals surface area (Å²) in [5, 5.41) is 6.95. The lowest BCUT2D eigenvalue weighted by atomic mass is 10.2. The van der Waals surface area contributed by atoms with Gasteiger partial charge in [0.05, 0.1) is 0 Å². The van der Waals surface area contributed by atoms with Crippen molar-refractivity contribution in [3.8, 4) is 0 Å². The minimum Gasteiger partial charge on any atom is -0.340 e. The highest BCUT2D eigenvalue weighted by molar-refractivity contribution is 9.09. The molecule has 0 radical (unpaired) electrons. The van der Waals surface area contributed by atoms with E-state index in [1.807, 2.05) is 0 Å². The summed E-state index contributed by atoms with van der Waals surface area (Å²) < 4.78 is 0. The number of alkyl halides is 1. The van der Waals surface area contributed by atoms with E-state index in [2.05, 4.69) is 26.1 Å². The molecular formula is C11H16BrN3O2. The van der Waals surface area contributed by atoms with Gasteiger partial charge in [-0.05, 0) is 18.9 Å². The van der Waals surface area contributed by atoms with E-state index in [-0.39, 0.29) is 17.2 Å². The molecule has 17 heavy (non-hydrogen) atoms. The number of carbonyl (C=O) groups is 1. The van der Waals surface area contributed by atoms with Crippen LogP contribution in [0.4, 0.5) is 0 Å². The molecule has 0 aliphatic heterocycles. The number of hydrogen-bond donors (Lipinski definition) is 1. The molecule has 1 N–H and O–H groups in total. The van der Waals surface area contributed by atoms with Crippen LogP contribution in [-0.2, 0) is 0 Å². The molecule has 0 unspecified atom stereocenters. The zero-order valence-electron chi connectivity index (χ0n) is 9.78. The minimum absolute atomic E-state index is 0.167. The summed E-state index contributed by atoms with van der Waals surface area (Å²) in [5.74, 6) is -0.167. The monoisotopic (exact) mass is 301 g/mol. The summed E-state index contributed by atoms with van der Waals surface area (Å²) in [6.45, 7) is 0.701. The van der Waals surface area contributed by atoms with E-state index in [1.54, 1.807) is 11.9 Å². The number of aromatic nitrogens is 2. The Balaban J connectivity index is 2.46. The van der Waals surface area contributed by atoms with Crippen LogP contribution in [0.15, 0.2) is 16.9 Å². The van der Waals surface area contributed by atoms with Gasteiger partial charge in [0, 0.05) is 25.0 Å². The second kappa shape index (κ2) is 7.21. The average Bonchev–Trinajstić information content (AvgIpc) is 2.34. The van der Waals surface area contributed by atoms with Gasteiger partial charge in [-0.3, -0.25) is 9.59 Å². The van der Waals surface area contributed by atoms with E-state index in [0.717, 1.165) is 24.6 Å². The SMILES string of the molecule is CN(CCCCCBr)C(=O)c1ccc(=O)[nH]n1. The molecule has 1 aromatic rings. The van der Waals surface area contributed by atoms with E-state index < -0.39 is 0 Å². The van der Waals surface area contributed by atoms with Crippen LogP contribution in [0.25, 0.3) is 0 Å². The lowest BCUT2D eigenvalue weighted by molar-refractivity contribution is 0.0785. The predicted octanol–water partition coefficient (Wildman–Crippen LogP) is 1.41. The quantitative estimate of drug-likeness (QED) is 0.638. The van der Waals surface area contributed by atoms with E-state index in [0.29, 0.717) is 6.54 Å². The number of H-pyrrole nitrogens is 1. The first-order valence-corrected chi connectivity index (χ1v) is 6.64. The Morgan fingerprint density at radius 3 is 2.76 bits per heavy atom. The molecule has 0 aliphatic carbocycles. The van der Waals surface area contributed by atoms with Crippen LogP contribution in [0, 0.1) is 0 Å². The fraction of sp³-hybridized carbons (Fsp3) is 0.545. The van der Waals surface area contributed by atoms with Gasteiger partial charge in [0.15, 0.2) is 0 Å².